The van der Waals surface area contributed by atoms with Crippen LogP contribution in [0.15, 0.2) is 31.6 Å². The summed E-state index contributed by atoms with van der Waals surface area (Å²) in [6, 6.07) is 0. The van der Waals surface area contributed by atoms with E-state index in [2.05, 4.69) is 23.8 Å². The number of nitrogens with one attached hydrogen (secondary N) is 2. The van der Waals surface area contributed by atoms with Crippen molar-refractivity contribution in [2.45, 2.75) is 149 Å². The van der Waals surface area contributed by atoms with Crippen LogP contribution < -0.4 is 34.0 Å². The summed E-state index contributed by atoms with van der Waals surface area (Å²) in [4.78, 5) is 56.4. The lowest BCUT2D eigenvalue weighted by Gasteiger charge is -2.36. The molecule has 0 radical (unpaired) electrons. The van der Waals surface area contributed by atoms with Gasteiger partial charge in [-0.1, -0.05) is 41.5 Å². The molecule has 2 aromatic heterocycles. The van der Waals surface area contributed by atoms with Crippen LogP contribution in [0.1, 0.15) is 112 Å². The summed E-state index contributed by atoms with van der Waals surface area (Å²) < 4.78 is 55.8. The molecule has 9 atom stereocenters. The van der Waals surface area contributed by atoms with E-state index in [9.17, 15) is 23.7 Å². The molecule has 17 nitrogen and oxygen atoms in total. The Hall–Kier alpha value is -2.73. The van der Waals surface area contributed by atoms with Crippen molar-refractivity contribution in [3.05, 3.63) is 65.2 Å². The maximum atomic E-state index is 14.4. The van der Waals surface area contributed by atoms with Crippen molar-refractivity contribution in [1.82, 2.24) is 19.1 Å². The topological polar surface area (TPSA) is 234 Å². The van der Waals surface area contributed by atoms with Gasteiger partial charge in [0.2, 0.25) is 0 Å². The zero-order valence-electron chi connectivity index (χ0n) is 36.3. The Kier molecular flexibility index (Phi) is 16.3. The Labute approximate surface area is 341 Å². The van der Waals surface area contributed by atoms with E-state index in [1.165, 1.54) is 28.2 Å². The molecule has 330 valence electrons. The summed E-state index contributed by atoms with van der Waals surface area (Å²) in [6.07, 6.45) is 0.226. The lowest BCUT2D eigenvalue weighted by Crippen LogP contribution is -2.42. The monoisotopic (exact) mass is 840 g/mol. The molecule has 0 spiro atoms. The number of nitrogens with zero attached hydrogens (tertiary/aromatic N) is 2. The molecular formula is C40H69N6O11P. The summed E-state index contributed by atoms with van der Waals surface area (Å²) in [7, 11) is -3.91. The van der Waals surface area contributed by atoms with Gasteiger partial charge in [-0.25, -0.2) is 9.59 Å². The Bertz CT molecular complexity index is 1960. The second-order valence-electron chi connectivity index (χ2n) is 17.9. The molecule has 6 N–H and O–H groups in total. The summed E-state index contributed by atoms with van der Waals surface area (Å²) >= 11 is 0. The molecule has 0 bridgehead atoms. The van der Waals surface area contributed by atoms with E-state index >= 15 is 0 Å². The molecule has 58 heavy (non-hydrogen) atoms. The third kappa shape index (κ3) is 12.0. The quantitative estimate of drug-likeness (QED) is 0.131. The van der Waals surface area contributed by atoms with Gasteiger partial charge in [-0.2, -0.15) is 0 Å². The maximum absolute atomic E-state index is 14.4. The van der Waals surface area contributed by atoms with Gasteiger partial charge in [0.25, 0.3) is 11.1 Å². The van der Waals surface area contributed by atoms with Crippen LogP contribution in [-0.2, 0) is 45.6 Å². The van der Waals surface area contributed by atoms with Gasteiger partial charge in [0.05, 0.1) is 53.9 Å². The first-order valence-electron chi connectivity index (χ1n) is 20.6. The molecule has 2 aromatic rings. The van der Waals surface area contributed by atoms with Crippen LogP contribution in [0.3, 0.4) is 0 Å². The van der Waals surface area contributed by atoms with Crippen molar-refractivity contribution >= 4 is 7.60 Å². The van der Waals surface area contributed by atoms with Gasteiger partial charge in [-0.15, -0.1) is 0 Å². The van der Waals surface area contributed by atoms with Crippen molar-refractivity contribution in [1.29, 1.82) is 0 Å². The highest BCUT2D eigenvalue weighted by atomic mass is 31.2. The summed E-state index contributed by atoms with van der Waals surface area (Å²) in [5, 5.41) is 0. The molecule has 0 aliphatic carbocycles. The van der Waals surface area contributed by atoms with Gasteiger partial charge in [0.1, 0.15) is 18.3 Å². The molecule has 2 saturated heterocycles. The number of H-pyrrole nitrogens is 2. The number of rotatable bonds is 21. The SMILES string of the molecule is CC(C)CC(C)(C)OC[C@H]1O[C@@H](c2cn(CCCN)c(=O)[nH]c2=O)[C@@H](C)C1OP(C)(=O)OC[C@H]1O[C@@H](c2cn(CCCN)c(=O)[nH]c2=O)[C@@H](C)C1OC(C)(C)C(C)C. The second kappa shape index (κ2) is 19.8. The molecule has 2 fully saturated rings. The van der Waals surface area contributed by atoms with E-state index in [1.54, 1.807) is 0 Å². The van der Waals surface area contributed by atoms with Crippen molar-refractivity contribution in [3.63, 3.8) is 0 Å². The highest BCUT2D eigenvalue weighted by molar-refractivity contribution is 7.53. The van der Waals surface area contributed by atoms with Gasteiger partial charge in [-0.3, -0.25) is 24.1 Å². The molecule has 0 saturated carbocycles. The van der Waals surface area contributed by atoms with Gasteiger partial charge >= 0.3 is 19.0 Å². The van der Waals surface area contributed by atoms with Crippen LogP contribution in [-0.4, -0.2) is 87.7 Å². The minimum atomic E-state index is -3.91. The molecule has 18 heteroatoms. The molecule has 4 rings (SSSR count). The van der Waals surface area contributed by atoms with Crippen LogP contribution in [0.25, 0.3) is 0 Å². The van der Waals surface area contributed by atoms with Gasteiger partial charge < -0.3 is 48.6 Å². The molecule has 0 aromatic carbocycles. The first-order chi connectivity index (χ1) is 27.0. The Morgan fingerprint density at radius 2 is 1.26 bits per heavy atom. The average molecular weight is 841 g/mol. The van der Waals surface area contributed by atoms with Gasteiger partial charge in [0.15, 0.2) is 0 Å². The van der Waals surface area contributed by atoms with Crippen LogP contribution in [0, 0.1) is 23.7 Å². The smallest absolute Gasteiger partial charge is 0.328 e. The summed E-state index contributed by atoms with van der Waals surface area (Å²) in [6.45, 7) is 22.6. The predicted molar refractivity (Wildman–Crippen MR) is 221 cm³/mol. The minimum Gasteiger partial charge on any atom is -0.373 e. The van der Waals surface area contributed by atoms with E-state index < -0.39 is 83.8 Å². The maximum Gasteiger partial charge on any atom is 0.328 e. The van der Waals surface area contributed by atoms with E-state index in [4.69, 9.17) is 39.5 Å². The predicted octanol–water partition coefficient (Wildman–Crippen LogP) is 3.82. The minimum absolute atomic E-state index is 0.0725. The van der Waals surface area contributed by atoms with E-state index in [1.807, 2.05) is 55.4 Å². The van der Waals surface area contributed by atoms with Crippen molar-refractivity contribution in [2.75, 3.05) is 33.0 Å². The molecular weight excluding hydrogens is 771 g/mol. The van der Waals surface area contributed by atoms with Crippen LogP contribution in [0.2, 0.25) is 0 Å². The zero-order chi connectivity index (χ0) is 43.3. The molecule has 2 aliphatic rings. The lowest BCUT2D eigenvalue weighted by atomic mass is 9.91. The highest BCUT2D eigenvalue weighted by Gasteiger charge is 2.50. The number of hydrogen-bond acceptors (Lipinski definition) is 13. The highest BCUT2D eigenvalue weighted by Crippen LogP contribution is 2.52. The Morgan fingerprint density at radius 3 is 1.71 bits per heavy atom. The number of aromatic nitrogens is 4. The van der Waals surface area contributed by atoms with E-state index in [0.717, 1.165) is 6.42 Å². The standard InChI is InChI=1S/C40H69N6O11P/c1-23(2)18-39(7,8)52-21-29-34(26(6)32(54-29)28-20-46(17-13-15-42)38(50)44-36(28)48)57-58(11,51)53-22-30-33(56-40(9,10)24(3)4)25(5)31(55-30)27-19-45(16-12-14-41)37(49)43-35(27)47/h19-20,23-26,29-34H,12-18,21-22,41-42H2,1-11H3,(H,43,47,49)(H,44,48,50)/t25-,26-,29-,30-,31-,32-,33?,34?,58?/m1/s1. The number of aryl methyl sites for hydroxylation is 2. The number of nitrogens with two attached hydrogens (primary N) is 2. The summed E-state index contributed by atoms with van der Waals surface area (Å²) in [5.74, 6) is -0.444. The fourth-order valence-electron chi connectivity index (χ4n) is 7.74. The Morgan fingerprint density at radius 1 is 0.793 bits per heavy atom. The molecule has 0 amide bonds. The fourth-order valence-corrected chi connectivity index (χ4v) is 8.99. The molecule has 3 unspecified atom stereocenters. The average Bonchev–Trinajstić information content (AvgIpc) is 3.58. The lowest BCUT2D eigenvalue weighted by molar-refractivity contribution is -0.133. The second-order valence-corrected chi connectivity index (χ2v) is 19.9. The van der Waals surface area contributed by atoms with Crippen LogP contribution >= 0.6 is 7.60 Å². The van der Waals surface area contributed by atoms with Gasteiger partial charge in [-0.05, 0) is 71.9 Å². The number of hydrogen-bond donors (Lipinski definition) is 4. The van der Waals surface area contributed by atoms with Crippen LogP contribution in [0.4, 0.5) is 0 Å². The third-order valence-electron chi connectivity index (χ3n) is 11.4. The first kappa shape index (κ1) is 47.9. The van der Waals surface area contributed by atoms with Gasteiger partial charge in [0, 0.05) is 44.0 Å². The summed E-state index contributed by atoms with van der Waals surface area (Å²) in [5.41, 5.74) is 8.49. The van der Waals surface area contributed by atoms with Crippen LogP contribution in [0.5, 0.6) is 0 Å². The number of ether oxygens (including phenoxy) is 4. The normalized spacial score (nSPS) is 26.5. The fraction of sp³-hybridized carbons (Fsp3) is 0.800. The van der Waals surface area contributed by atoms with Crippen molar-refractivity contribution in [3.8, 4) is 0 Å². The molecule has 2 aliphatic heterocycles. The Balaban J connectivity index is 1.63. The number of aromatic amines is 2. The third-order valence-corrected chi connectivity index (χ3v) is 12.7. The van der Waals surface area contributed by atoms with Crippen molar-refractivity contribution < 1.29 is 32.6 Å². The largest absolute Gasteiger partial charge is 0.373 e. The zero-order valence-corrected chi connectivity index (χ0v) is 37.2. The van der Waals surface area contributed by atoms with Crippen molar-refractivity contribution in [2.24, 2.45) is 35.1 Å². The van der Waals surface area contributed by atoms with E-state index in [0.29, 0.717) is 44.9 Å². The first-order valence-corrected chi connectivity index (χ1v) is 22.6. The molecule has 4 heterocycles. The van der Waals surface area contributed by atoms with E-state index in [-0.39, 0.29) is 36.2 Å².